The molecule has 2 atom stereocenters. The zero-order valence-electron chi connectivity index (χ0n) is 19.3. The fraction of sp³-hybridized carbons (Fsp3) is 0.292. The maximum absolute atomic E-state index is 12.3. The molecule has 1 aromatic heterocycles. The third-order valence-corrected chi connectivity index (χ3v) is 6.43. The molecule has 0 fully saturated rings. The number of hydrogen-bond donors (Lipinski definition) is 3. The quantitative estimate of drug-likeness (QED) is 0.257. The van der Waals surface area contributed by atoms with Gasteiger partial charge in [0.05, 0.1) is 4.92 Å². The van der Waals surface area contributed by atoms with Gasteiger partial charge in [-0.15, -0.1) is 0 Å². The van der Waals surface area contributed by atoms with Crippen LogP contribution < -0.4 is 5.32 Å². The Labute approximate surface area is 206 Å². The largest absolute Gasteiger partial charge is 0.480 e. The van der Waals surface area contributed by atoms with E-state index in [4.69, 9.17) is 4.74 Å². The highest BCUT2D eigenvalue weighted by Gasteiger charge is 2.25. The van der Waals surface area contributed by atoms with Crippen LogP contribution in [0.3, 0.4) is 0 Å². The number of ether oxygens (including phenoxy) is 1. The summed E-state index contributed by atoms with van der Waals surface area (Å²) in [7, 11) is 0. The number of amides is 1. The van der Waals surface area contributed by atoms with Crippen LogP contribution in [-0.2, 0) is 22.4 Å². The summed E-state index contributed by atoms with van der Waals surface area (Å²) in [6.45, 7) is 3.49. The van der Waals surface area contributed by atoms with Crippen LogP contribution in [0.1, 0.15) is 36.6 Å². The predicted octanol–water partition coefficient (Wildman–Crippen LogP) is 4.56. The van der Waals surface area contributed by atoms with Crippen molar-refractivity contribution in [1.82, 2.24) is 15.5 Å². The normalized spacial score (nSPS) is 12.5. The van der Waals surface area contributed by atoms with Crippen LogP contribution in [0, 0.1) is 10.1 Å². The van der Waals surface area contributed by atoms with E-state index in [0.717, 1.165) is 15.4 Å². The summed E-state index contributed by atoms with van der Waals surface area (Å²) in [4.78, 5) is 37.0. The van der Waals surface area contributed by atoms with Crippen LogP contribution in [0.25, 0.3) is 0 Å². The van der Waals surface area contributed by atoms with Gasteiger partial charge in [-0.25, -0.2) is 9.59 Å². The molecule has 10 nitrogen and oxygen atoms in total. The number of nitro benzene ring substituents is 1. The number of nitrogens with one attached hydrogen (secondary N) is 2. The molecule has 1 amide bonds. The highest BCUT2D eigenvalue weighted by atomic mass is 32.2. The van der Waals surface area contributed by atoms with Gasteiger partial charge < -0.3 is 15.2 Å². The maximum Gasteiger partial charge on any atom is 0.407 e. The molecule has 0 radical (unpaired) electrons. The number of carbonyl (C=O) groups excluding carboxylic acids is 1. The SMILES string of the molecule is CCc1cc([N+](=O)[O-])c(C(C)COC(=O)NC(Cc2ccn[nH]2)C(=O)O)cc1Sc1ccccc1. The minimum absolute atomic E-state index is 0.00398. The lowest BCUT2D eigenvalue weighted by molar-refractivity contribution is -0.385. The van der Waals surface area contributed by atoms with Gasteiger partial charge in [-0.2, -0.15) is 5.10 Å². The number of alkyl carbamates (subject to hydrolysis) is 1. The first kappa shape index (κ1) is 25.8. The summed E-state index contributed by atoms with van der Waals surface area (Å²) in [6, 6.07) is 13.4. The van der Waals surface area contributed by atoms with Gasteiger partial charge in [0.25, 0.3) is 5.69 Å². The molecule has 0 spiro atoms. The van der Waals surface area contributed by atoms with Crippen molar-refractivity contribution in [2.24, 2.45) is 0 Å². The van der Waals surface area contributed by atoms with Gasteiger partial charge in [0.2, 0.25) is 0 Å². The second-order valence-electron chi connectivity index (χ2n) is 7.87. The first-order chi connectivity index (χ1) is 16.8. The number of aromatic nitrogens is 2. The Morgan fingerprint density at radius 1 is 1.26 bits per heavy atom. The van der Waals surface area contributed by atoms with Crippen LogP contribution in [-0.4, -0.2) is 44.9 Å². The third-order valence-electron chi connectivity index (χ3n) is 5.33. The molecule has 1 heterocycles. The second kappa shape index (κ2) is 12.0. The van der Waals surface area contributed by atoms with Crippen molar-refractivity contribution < 1.29 is 24.4 Å². The number of benzene rings is 2. The monoisotopic (exact) mass is 498 g/mol. The molecule has 0 aliphatic carbocycles. The van der Waals surface area contributed by atoms with Crippen molar-refractivity contribution in [1.29, 1.82) is 0 Å². The van der Waals surface area contributed by atoms with Crippen molar-refractivity contribution in [2.75, 3.05) is 6.61 Å². The summed E-state index contributed by atoms with van der Waals surface area (Å²) < 4.78 is 5.24. The van der Waals surface area contributed by atoms with E-state index in [2.05, 4.69) is 15.5 Å². The molecule has 2 aromatic carbocycles. The van der Waals surface area contributed by atoms with Gasteiger partial charge in [-0.3, -0.25) is 15.2 Å². The fourth-order valence-corrected chi connectivity index (χ4v) is 4.53. The van der Waals surface area contributed by atoms with Crippen molar-refractivity contribution in [3.8, 4) is 0 Å². The first-order valence-corrected chi connectivity index (χ1v) is 11.8. The Bertz CT molecular complexity index is 1170. The van der Waals surface area contributed by atoms with Crippen molar-refractivity contribution in [3.63, 3.8) is 0 Å². The first-order valence-electron chi connectivity index (χ1n) is 11.0. The van der Waals surface area contributed by atoms with Crippen LogP contribution in [0.15, 0.2) is 64.5 Å². The summed E-state index contributed by atoms with van der Waals surface area (Å²) >= 11 is 1.51. The van der Waals surface area contributed by atoms with Crippen molar-refractivity contribution in [2.45, 2.75) is 48.4 Å². The number of carboxylic acids is 1. The lowest BCUT2D eigenvalue weighted by Gasteiger charge is -2.18. The number of H-pyrrole nitrogens is 1. The predicted molar refractivity (Wildman–Crippen MR) is 130 cm³/mol. The van der Waals surface area contributed by atoms with E-state index in [0.29, 0.717) is 17.7 Å². The topological polar surface area (TPSA) is 147 Å². The molecule has 35 heavy (non-hydrogen) atoms. The van der Waals surface area contributed by atoms with Gasteiger partial charge in [0, 0.05) is 45.7 Å². The zero-order valence-corrected chi connectivity index (χ0v) is 20.1. The Morgan fingerprint density at radius 2 is 2.00 bits per heavy atom. The number of rotatable bonds is 11. The number of carbonyl (C=O) groups is 2. The van der Waals surface area contributed by atoms with E-state index in [1.807, 2.05) is 37.3 Å². The van der Waals surface area contributed by atoms with Crippen LogP contribution in [0.5, 0.6) is 0 Å². The van der Waals surface area contributed by atoms with Crippen molar-refractivity contribution in [3.05, 3.63) is 81.7 Å². The van der Waals surface area contributed by atoms with Crippen LogP contribution >= 0.6 is 11.8 Å². The third kappa shape index (κ3) is 7.06. The highest BCUT2D eigenvalue weighted by molar-refractivity contribution is 7.99. The van der Waals surface area contributed by atoms with Gasteiger partial charge in [0.1, 0.15) is 12.6 Å². The van der Waals surface area contributed by atoms with E-state index in [1.54, 1.807) is 25.1 Å². The number of aromatic amines is 1. The molecule has 0 saturated carbocycles. The minimum Gasteiger partial charge on any atom is -0.480 e. The Kier molecular flexibility index (Phi) is 8.85. The molecule has 0 bridgehead atoms. The maximum atomic E-state index is 12.3. The van der Waals surface area contributed by atoms with E-state index < -0.39 is 28.9 Å². The summed E-state index contributed by atoms with van der Waals surface area (Å²) in [6.07, 6.45) is 1.19. The Morgan fingerprint density at radius 3 is 2.60 bits per heavy atom. The van der Waals surface area contributed by atoms with Crippen LogP contribution in [0.4, 0.5) is 10.5 Å². The average molecular weight is 499 g/mol. The molecule has 3 rings (SSSR count). The molecule has 0 aliphatic heterocycles. The average Bonchev–Trinajstić information content (AvgIpc) is 3.35. The molecule has 11 heteroatoms. The number of aliphatic carboxylic acids is 1. The van der Waals surface area contributed by atoms with Crippen molar-refractivity contribution >= 4 is 29.5 Å². The molecule has 0 saturated heterocycles. The highest BCUT2D eigenvalue weighted by Crippen LogP contribution is 2.37. The molecular formula is C24H26N4O6S. The van der Waals surface area contributed by atoms with Gasteiger partial charge in [0.15, 0.2) is 0 Å². The number of carboxylic acid groups (broad SMARTS) is 1. The van der Waals surface area contributed by atoms with E-state index >= 15 is 0 Å². The summed E-state index contributed by atoms with van der Waals surface area (Å²) in [5, 5.41) is 29.9. The lowest BCUT2D eigenvalue weighted by Crippen LogP contribution is -2.43. The smallest absolute Gasteiger partial charge is 0.407 e. The standard InChI is InChI=1S/C24H26N4O6S/c1-3-16-11-21(28(32)33)19(13-22(16)35-18-7-5-4-6-8-18)15(2)14-34-24(31)26-20(23(29)30)12-17-9-10-25-27-17/h4-11,13,15,20H,3,12,14H2,1-2H3,(H,25,27)(H,26,31)(H,29,30). The number of aryl methyl sites for hydroxylation is 1. The minimum atomic E-state index is -1.22. The molecule has 3 aromatic rings. The molecule has 184 valence electrons. The van der Waals surface area contributed by atoms with Gasteiger partial charge in [-0.1, -0.05) is 43.8 Å². The van der Waals surface area contributed by atoms with E-state index in [-0.39, 0.29) is 18.7 Å². The van der Waals surface area contributed by atoms with Crippen LogP contribution in [0.2, 0.25) is 0 Å². The fourth-order valence-electron chi connectivity index (χ4n) is 3.46. The Hall–Kier alpha value is -3.86. The zero-order chi connectivity index (χ0) is 25.4. The molecule has 2 unspecified atom stereocenters. The summed E-state index contributed by atoms with van der Waals surface area (Å²) in [5.41, 5.74) is 1.79. The van der Waals surface area contributed by atoms with Gasteiger partial charge >= 0.3 is 12.1 Å². The second-order valence-corrected chi connectivity index (χ2v) is 8.98. The van der Waals surface area contributed by atoms with Gasteiger partial charge in [-0.05, 0) is 36.2 Å². The van der Waals surface area contributed by atoms with E-state index in [9.17, 15) is 24.8 Å². The lowest BCUT2D eigenvalue weighted by atomic mass is 9.97. The molecular weight excluding hydrogens is 472 g/mol. The summed E-state index contributed by atoms with van der Waals surface area (Å²) in [5.74, 6) is -1.73. The number of nitro groups is 1. The van der Waals surface area contributed by atoms with E-state index in [1.165, 1.54) is 18.0 Å². The molecule has 3 N–H and O–H groups in total. The molecule has 0 aliphatic rings. The number of hydrogen-bond acceptors (Lipinski definition) is 7. The number of nitrogens with zero attached hydrogens (tertiary/aromatic N) is 2. The Balaban J connectivity index is 1.73.